The maximum Gasteiger partial charge on any atom is 0.245 e. The van der Waals surface area contributed by atoms with Crippen LogP contribution in [-0.2, 0) is 86.4 Å². The van der Waals surface area contributed by atoms with Crippen LogP contribution in [0.1, 0.15) is 88.8 Å². The second-order valence-corrected chi connectivity index (χ2v) is 25.3. The number of nitrogens with one attached hydrogen (secondary N) is 12. The lowest BCUT2D eigenvalue weighted by molar-refractivity contribution is -0.142. The van der Waals surface area contributed by atoms with Gasteiger partial charge in [0.15, 0.2) is 5.96 Å². The minimum Gasteiger partial charge on any atom is -0.370 e. The summed E-state index contributed by atoms with van der Waals surface area (Å²) in [6.45, 7) is 2.77. The summed E-state index contributed by atoms with van der Waals surface area (Å²) in [5.41, 5.74) is 18.3. The zero-order valence-electron chi connectivity index (χ0n) is 55.0. The molecule has 32 nitrogen and oxygen atoms in total. The highest BCUT2D eigenvalue weighted by molar-refractivity contribution is 6.30. The summed E-state index contributed by atoms with van der Waals surface area (Å²) in [4.78, 5) is 210. The van der Waals surface area contributed by atoms with E-state index in [0.29, 0.717) is 28.1 Å². The molecule has 1 aromatic heterocycles. The first kappa shape index (κ1) is 75.6. The van der Waals surface area contributed by atoms with Gasteiger partial charge in [0, 0.05) is 69.8 Å². The van der Waals surface area contributed by atoms with E-state index < -0.39 is 182 Å². The first-order valence-corrected chi connectivity index (χ1v) is 32.8. The molecule has 3 aliphatic rings. The van der Waals surface area contributed by atoms with Gasteiger partial charge >= 0.3 is 0 Å². The van der Waals surface area contributed by atoms with Crippen molar-refractivity contribution in [3.05, 3.63) is 113 Å². The molecule has 530 valence electrons. The molecule has 14 amide bonds. The predicted octanol–water partition coefficient (Wildman–Crippen LogP) is -3.58. The van der Waals surface area contributed by atoms with Crippen LogP contribution in [0.15, 0.2) is 96.2 Å². The van der Waals surface area contributed by atoms with Crippen molar-refractivity contribution < 1.29 is 67.1 Å². The highest BCUT2D eigenvalue weighted by atomic mass is 35.5. The number of amides is 14. The van der Waals surface area contributed by atoms with Crippen molar-refractivity contribution >= 4 is 111 Å². The summed E-state index contributed by atoms with van der Waals surface area (Å²) < 4.78 is 0. The normalized spacial score (nSPS) is 24.3. The van der Waals surface area contributed by atoms with Crippen LogP contribution >= 0.6 is 11.6 Å². The lowest BCUT2D eigenvalue weighted by atomic mass is 9.98. The van der Waals surface area contributed by atoms with E-state index in [1.54, 1.807) is 56.3 Å². The Morgan fingerprint density at radius 2 is 1.20 bits per heavy atom. The maximum absolute atomic E-state index is 15.2. The molecular formula is C66H85ClN18O14. The molecule has 0 aliphatic carbocycles. The molecular weight excluding hydrogens is 1300 g/mol. The molecule has 3 aliphatic heterocycles. The molecule has 18 N–H and O–H groups in total. The number of hydrogen-bond donors (Lipinski definition) is 15. The number of nitrogens with two attached hydrogens (primary N) is 3. The van der Waals surface area contributed by atoms with Crippen LogP contribution in [0.5, 0.6) is 0 Å². The molecule has 0 unspecified atom stereocenters. The number of fused-ring (bicyclic) bond motifs is 5. The predicted molar refractivity (Wildman–Crippen MR) is 360 cm³/mol. The van der Waals surface area contributed by atoms with E-state index in [1.165, 1.54) is 35.5 Å². The van der Waals surface area contributed by atoms with Gasteiger partial charge in [0.05, 0.1) is 19.4 Å². The third kappa shape index (κ3) is 23.5. The van der Waals surface area contributed by atoms with Crippen LogP contribution < -0.4 is 81.0 Å². The van der Waals surface area contributed by atoms with E-state index in [0.717, 1.165) is 17.7 Å². The van der Waals surface area contributed by atoms with Gasteiger partial charge in [-0.25, -0.2) is 0 Å². The highest BCUT2D eigenvalue weighted by Crippen LogP contribution is 2.22. The van der Waals surface area contributed by atoms with Crippen LogP contribution in [0, 0.1) is 5.92 Å². The van der Waals surface area contributed by atoms with E-state index in [1.807, 2.05) is 18.2 Å². The van der Waals surface area contributed by atoms with Gasteiger partial charge in [-0.05, 0) is 90.1 Å². The Labute approximate surface area is 575 Å². The SMILES string of the molecule is CC(=O)N[C@@H]1CC(=O)NCC(=O)NCC[C@H]2NC(=O)[C@@H](CC(=O)NC[C@H](C(N)=O)NC(=O)[C@H]3CCCN3C(=O)[C@H](CCCN=C(N)N)NC(=O)[C@@H](CC(C)C)NC(=O)[C@@H](Cc3ccc4ccccc4c3)NC2=O)NC(=O)[C@@H](Cc2cccnc2)NC(=O)[C@H](Cc2ccc(Cl)cc2)NC1=O. The molecule has 4 heterocycles. The number of rotatable bonds is 14. The van der Waals surface area contributed by atoms with Gasteiger partial charge < -0.3 is 85.9 Å². The zero-order chi connectivity index (χ0) is 71.9. The molecule has 3 fully saturated rings. The van der Waals surface area contributed by atoms with Crippen LogP contribution in [0.4, 0.5) is 0 Å². The highest BCUT2D eigenvalue weighted by Gasteiger charge is 2.41. The number of guanidine groups is 1. The van der Waals surface area contributed by atoms with E-state index >= 15 is 19.2 Å². The third-order valence-corrected chi connectivity index (χ3v) is 16.8. The topological polar surface area (TPSA) is 490 Å². The Morgan fingerprint density at radius 3 is 1.87 bits per heavy atom. The third-order valence-electron chi connectivity index (χ3n) is 16.5. The number of aliphatic imine (C=N–C) groups is 1. The fourth-order valence-corrected chi connectivity index (χ4v) is 11.6. The van der Waals surface area contributed by atoms with Crippen LogP contribution in [0.25, 0.3) is 10.8 Å². The smallest absolute Gasteiger partial charge is 0.245 e. The lowest BCUT2D eigenvalue weighted by Gasteiger charge is -2.31. The van der Waals surface area contributed by atoms with Crippen LogP contribution in [-0.4, -0.2) is 192 Å². The molecule has 99 heavy (non-hydrogen) atoms. The lowest BCUT2D eigenvalue weighted by Crippen LogP contribution is -2.61. The van der Waals surface area contributed by atoms with Gasteiger partial charge in [-0.1, -0.05) is 86.1 Å². The van der Waals surface area contributed by atoms with Crippen molar-refractivity contribution in [2.75, 3.05) is 32.7 Å². The van der Waals surface area contributed by atoms with Crippen molar-refractivity contribution in [3.8, 4) is 0 Å². The first-order chi connectivity index (χ1) is 47.2. The summed E-state index contributed by atoms with van der Waals surface area (Å²) in [6.07, 6.45) is 0.0837. The molecule has 33 heteroatoms. The standard InChI is InChI=1S/C66H85ClN18O14/c1-35(2)25-45-58(92)78-44(12-7-22-73-66(69)70)65(99)85-24-8-13-52(85)64(98)84-51(56(68)90)33-74-53(87)31-50-63(97)77-43(57(91)80-47(60(94)79-45)28-38-14-17-40-10-4-5-11-41(40)26-38)20-23-72-55(89)34-75-54(88)30-49(76-36(3)86)62(96)81-46(27-37-15-18-42(67)19-16-37)59(93)82-48(61(95)83-50)29-39-9-6-21-71-32-39/h4-6,9-11,14-19,21,26,32,35,43-52H,7-8,12-13,20,22-25,27-31,33-34H2,1-3H3,(H2,68,90)(H,72,89)(H,74,87)(H,75,88)(H,76,86)(H,77,97)(H,78,92)(H,79,94)(H,80,91)(H,81,96)(H,82,93)(H,83,95)(H,84,98)(H4,69,70,73)/t43-,44+,45-,46+,47-,48-,49-,50-,51-,52-/m1/s1. The van der Waals surface area contributed by atoms with Gasteiger partial charge in [0.2, 0.25) is 82.7 Å². The Morgan fingerprint density at radius 1 is 0.606 bits per heavy atom. The molecule has 3 aromatic carbocycles. The number of pyridine rings is 1. The van der Waals surface area contributed by atoms with Crippen molar-refractivity contribution in [2.45, 2.75) is 152 Å². The average molecular weight is 1390 g/mol. The number of aromatic nitrogens is 1. The van der Waals surface area contributed by atoms with Gasteiger partial charge in [-0.2, -0.15) is 0 Å². The second kappa shape index (κ2) is 36.5. The molecule has 0 saturated carbocycles. The Bertz CT molecular complexity index is 3670. The fraction of sp³-hybridized carbons (Fsp3) is 0.455. The Balaban J connectivity index is 1.34. The monoisotopic (exact) mass is 1390 g/mol. The summed E-state index contributed by atoms with van der Waals surface area (Å²) in [7, 11) is 0. The van der Waals surface area contributed by atoms with Crippen molar-refractivity contribution in [2.24, 2.45) is 28.1 Å². The molecule has 3 saturated heterocycles. The minimum atomic E-state index is -2.02. The number of carbonyl (C=O) groups is 14. The Kier molecular flexibility index (Phi) is 27.9. The number of carbonyl (C=O) groups excluding carboxylic acids is 14. The summed E-state index contributed by atoms with van der Waals surface area (Å²) in [6, 6.07) is 5.85. The number of halogens is 1. The van der Waals surface area contributed by atoms with Gasteiger partial charge in [0.1, 0.15) is 60.4 Å². The summed E-state index contributed by atoms with van der Waals surface area (Å²) in [5.74, 6) is -14.1. The quantitative estimate of drug-likeness (QED) is 0.0330. The number of nitrogens with zero attached hydrogens (tertiary/aromatic N) is 3. The van der Waals surface area contributed by atoms with Crippen LogP contribution in [0.3, 0.4) is 0 Å². The van der Waals surface area contributed by atoms with Gasteiger partial charge in [-0.15, -0.1) is 0 Å². The molecule has 0 spiro atoms. The van der Waals surface area contributed by atoms with Crippen molar-refractivity contribution in [1.82, 2.24) is 73.7 Å². The van der Waals surface area contributed by atoms with Crippen molar-refractivity contribution in [1.29, 1.82) is 0 Å². The Hall–Kier alpha value is -10.8. The molecule has 0 radical (unpaired) electrons. The molecule has 10 atom stereocenters. The molecule has 7 rings (SSSR count). The maximum atomic E-state index is 15.2. The first-order valence-electron chi connectivity index (χ1n) is 32.5. The fourth-order valence-electron chi connectivity index (χ4n) is 11.5. The minimum absolute atomic E-state index is 0.0197. The summed E-state index contributed by atoms with van der Waals surface area (Å²) in [5, 5.41) is 32.7. The number of hydrogen-bond acceptors (Lipinski definition) is 16. The van der Waals surface area contributed by atoms with E-state index in [-0.39, 0.29) is 69.9 Å². The van der Waals surface area contributed by atoms with E-state index in [2.05, 4.69) is 73.8 Å². The van der Waals surface area contributed by atoms with E-state index in [9.17, 15) is 47.9 Å². The van der Waals surface area contributed by atoms with Crippen molar-refractivity contribution in [3.63, 3.8) is 0 Å². The molecule has 2 bridgehead atoms. The van der Waals surface area contributed by atoms with Gasteiger partial charge in [0.25, 0.3) is 0 Å². The van der Waals surface area contributed by atoms with Gasteiger partial charge in [-0.3, -0.25) is 77.1 Å². The number of benzene rings is 3. The molecule has 4 aromatic rings. The van der Waals surface area contributed by atoms with Crippen LogP contribution in [0.2, 0.25) is 5.02 Å². The largest absolute Gasteiger partial charge is 0.370 e. The average Bonchev–Trinajstić information content (AvgIpc) is 1.82. The number of primary amides is 1. The zero-order valence-corrected chi connectivity index (χ0v) is 55.7. The second-order valence-electron chi connectivity index (χ2n) is 24.8. The van der Waals surface area contributed by atoms with E-state index in [4.69, 9.17) is 28.8 Å². The summed E-state index contributed by atoms with van der Waals surface area (Å²) >= 11 is 6.19.